The van der Waals surface area contributed by atoms with Crippen molar-refractivity contribution in [1.82, 2.24) is 14.7 Å². The Kier molecular flexibility index (Phi) is 4.96. The summed E-state index contributed by atoms with van der Waals surface area (Å²) in [4.78, 5) is 13.2. The lowest BCUT2D eigenvalue weighted by atomic mass is 9.85. The highest BCUT2D eigenvalue weighted by Crippen LogP contribution is 2.25. The lowest BCUT2D eigenvalue weighted by Crippen LogP contribution is -2.39. The van der Waals surface area contributed by atoms with Crippen LogP contribution in [0.2, 0.25) is 0 Å². The van der Waals surface area contributed by atoms with Crippen molar-refractivity contribution in [3.05, 3.63) is 18.5 Å². The average molecular weight is 265 g/mol. The second-order valence-corrected chi connectivity index (χ2v) is 5.55. The van der Waals surface area contributed by atoms with Crippen molar-refractivity contribution >= 4 is 5.97 Å². The van der Waals surface area contributed by atoms with Crippen LogP contribution in [0.1, 0.15) is 26.2 Å². The van der Waals surface area contributed by atoms with Gasteiger partial charge in [-0.2, -0.15) is 5.10 Å². The normalized spacial score (nSPS) is 22.3. The molecule has 0 saturated carbocycles. The molecule has 2 unspecified atom stereocenters. The summed E-state index contributed by atoms with van der Waals surface area (Å²) < 4.78 is 1.95. The largest absolute Gasteiger partial charge is 0.481 e. The van der Waals surface area contributed by atoms with E-state index in [0.717, 1.165) is 32.6 Å². The molecule has 2 rings (SSSR count). The van der Waals surface area contributed by atoms with Crippen LogP contribution < -0.4 is 0 Å². The molecule has 1 fully saturated rings. The topological polar surface area (TPSA) is 58.4 Å². The Morgan fingerprint density at radius 2 is 2.37 bits per heavy atom. The van der Waals surface area contributed by atoms with E-state index in [-0.39, 0.29) is 12.3 Å². The summed E-state index contributed by atoms with van der Waals surface area (Å²) >= 11 is 0. The Hall–Kier alpha value is -1.36. The minimum atomic E-state index is -0.679. The minimum Gasteiger partial charge on any atom is -0.481 e. The molecule has 1 aromatic rings. The Morgan fingerprint density at radius 3 is 3.05 bits per heavy atom. The molecule has 2 heterocycles. The minimum absolute atomic E-state index is 0.269. The number of nitrogens with zero attached hydrogens (tertiary/aromatic N) is 3. The maximum Gasteiger partial charge on any atom is 0.303 e. The van der Waals surface area contributed by atoms with Crippen molar-refractivity contribution in [1.29, 1.82) is 0 Å². The van der Waals surface area contributed by atoms with E-state index in [2.05, 4.69) is 16.9 Å². The number of carbonyl (C=O) groups is 1. The van der Waals surface area contributed by atoms with E-state index in [1.54, 1.807) is 6.20 Å². The lowest BCUT2D eigenvalue weighted by molar-refractivity contribution is -0.138. The molecule has 1 N–H and O–H groups in total. The highest BCUT2D eigenvalue weighted by molar-refractivity contribution is 5.66. The van der Waals surface area contributed by atoms with Crippen molar-refractivity contribution in [2.24, 2.45) is 11.8 Å². The van der Waals surface area contributed by atoms with E-state index >= 15 is 0 Å². The van der Waals surface area contributed by atoms with Crippen molar-refractivity contribution in [3.63, 3.8) is 0 Å². The van der Waals surface area contributed by atoms with E-state index < -0.39 is 5.97 Å². The first-order valence-corrected chi connectivity index (χ1v) is 7.06. The molecule has 5 heteroatoms. The SMILES string of the molecule is CC(CC(=O)O)C1CCCN(CCn2cccn2)C1. The van der Waals surface area contributed by atoms with Crippen molar-refractivity contribution in [2.75, 3.05) is 19.6 Å². The van der Waals surface area contributed by atoms with Gasteiger partial charge in [0.25, 0.3) is 0 Å². The molecule has 0 bridgehead atoms. The van der Waals surface area contributed by atoms with E-state index in [1.165, 1.54) is 6.42 Å². The van der Waals surface area contributed by atoms with Gasteiger partial charge < -0.3 is 10.0 Å². The number of aliphatic carboxylic acids is 1. The Labute approximate surface area is 114 Å². The van der Waals surface area contributed by atoms with Crippen LogP contribution in [-0.2, 0) is 11.3 Å². The average Bonchev–Trinajstić information content (AvgIpc) is 2.89. The number of hydrogen-bond acceptors (Lipinski definition) is 3. The van der Waals surface area contributed by atoms with E-state index in [4.69, 9.17) is 5.11 Å². The summed E-state index contributed by atoms with van der Waals surface area (Å²) in [5.41, 5.74) is 0. The third kappa shape index (κ3) is 4.35. The fourth-order valence-electron chi connectivity index (χ4n) is 2.88. The highest BCUT2D eigenvalue weighted by atomic mass is 16.4. The first kappa shape index (κ1) is 14.1. The summed E-state index contributed by atoms with van der Waals surface area (Å²) in [6, 6.07) is 1.94. The molecule has 0 amide bonds. The number of hydrogen-bond donors (Lipinski definition) is 1. The second kappa shape index (κ2) is 6.70. The number of likely N-dealkylation sites (tertiary alicyclic amines) is 1. The quantitative estimate of drug-likeness (QED) is 0.850. The van der Waals surface area contributed by atoms with Gasteiger partial charge in [-0.25, -0.2) is 0 Å². The summed E-state index contributed by atoms with van der Waals surface area (Å²) in [6.07, 6.45) is 6.40. The number of rotatable bonds is 6. The molecule has 2 atom stereocenters. The summed E-state index contributed by atoms with van der Waals surface area (Å²) in [5, 5.41) is 13.1. The lowest BCUT2D eigenvalue weighted by Gasteiger charge is -2.35. The molecular formula is C14H23N3O2. The van der Waals surface area contributed by atoms with Crippen LogP contribution in [0.3, 0.4) is 0 Å². The second-order valence-electron chi connectivity index (χ2n) is 5.55. The molecule has 0 aromatic carbocycles. The molecule has 0 spiro atoms. The van der Waals surface area contributed by atoms with Gasteiger partial charge in [0.05, 0.1) is 6.54 Å². The number of aromatic nitrogens is 2. The standard InChI is InChI=1S/C14H23N3O2/c1-12(10-14(18)19)13-4-2-6-16(11-13)8-9-17-7-3-5-15-17/h3,5,7,12-13H,2,4,6,8-11H2,1H3,(H,18,19). The molecule has 0 aliphatic carbocycles. The summed E-state index contributed by atoms with van der Waals surface area (Å²) in [7, 11) is 0. The van der Waals surface area contributed by atoms with E-state index in [0.29, 0.717) is 5.92 Å². The zero-order valence-electron chi connectivity index (χ0n) is 11.5. The molecule has 0 radical (unpaired) electrons. The monoisotopic (exact) mass is 265 g/mol. The summed E-state index contributed by atoms with van der Waals surface area (Å²) in [5.74, 6) is 0.105. The predicted molar refractivity (Wildman–Crippen MR) is 72.8 cm³/mol. The van der Waals surface area contributed by atoms with Gasteiger partial charge in [0, 0.05) is 31.9 Å². The fourth-order valence-corrected chi connectivity index (χ4v) is 2.88. The maximum absolute atomic E-state index is 10.8. The molecule has 1 saturated heterocycles. The van der Waals surface area contributed by atoms with Crippen molar-refractivity contribution < 1.29 is 9.90 Å². The number of carboxylic acids is 1. The van der Waals surface area contributed by atoms with E-state index in [9.17, 15) is 4.79 Å². The Bertz CT molecular complexity index is 391. The Morgan fingerprint density at radius 1 is 1.53 bits per heavy atom. The van der Waals surface area contributed by atoms with Gasteiger partial charge in [-0.15, -0.1) is 0 Å². The molecule has 1 aliphatic rings. The van der Waals surface area contributed by atoms with Crippen LogP contribution in [0.15, 0.2) is 18.5 Å². The van der Waals surface area contributed by atoms with Gasteiger partial charge in [-0.05, 0) is 37.3 Å². The summed E-state index contributed by atoms with van der Waals surface area (Å²) in [6.45, 7) is 6.12. The smallest absolute Gasteiger partial charge is 0.303 e. The zero-order valence-corrected chi connectivity index (χ0v) is 11.5. The van der Waals surface area contributed by atoms with Crippen LogP contribution in [-0.4, -0.2) is 45.4 Å². The predicted octanol–water partition coefficient (Wildman–Crippen LogP) is 1.71. The molecule has 1 aliphatic heterocycles. The third-order valence-corrected chi connectivity index (χ3v) is 4.05. The number of piperidine rings is 1. The highest BCUT2D eigenvalue weighted by Gasteiger charge is 2.25. The number of carboxylic acid groups (broad SMARTS) is 1. The third-order valence-electron chi connectivity index (χ3n) is 4.05. The van der Waals surface area contributed by atoms with Crippen molar-refractivity contribution in [2.45, 2.75) is 32.7 Å². The van der Waals surface area contributed by atoms with Crippen LogP contribution in [0.4, 0.5) is 0 Å². The molecule has 19 heavy (non-hydrogen) atoms. The van der Waals surface area contributed by atoms with Gasteiger partial charge in [-0.3, -0.25) is 9.48 Å². The molecule has 1 aromatic heterocycles. The van der Waals surface area contributed by atoms with Gasteiger partial charge in [0.15, 0.2) is 0 Å². The van der Waals surface area contributed by atoms with Crippen molar-refractivity contribution in [3.8, 4) is 0 Å². The molecule has 106 valence electrons. The van der Waals surface area contributed by atoms with Crippen LogP contribution in [0.25, 0.3) is 0 Å². The fraction of sp³-hybridized carbons (Fsp3) is 0.714. The van der Waals surface area contributed by atoms with Gasteiger partial charge in [0.2, 0.25) is 0 Å². The first-order chi connectivity index (χ1) is 9.15. The van der Waals surface area contributed by atoms with Crippen LogP contribution in [0.5, 0.6) is 0 Å². The van der Waals surface area contributed by atoms with Gasteiger partial charge >= 0.3 is 5.97 Å². The Balaban J connectivity index is 1.78. The first-order valence-electron chi connectivity index (χ1n) is 7.06. The van der Waals surface area contributed by atoms with Crippen LogP contribution >= 0.6 is 0 Å². The van der Waals surface area contributed by atoms with Gasteiger partial charge in [0.1, 0.15) is 0 Å². The van der Waals surface area contributed by atoms with E-state index in [1.807, 2.05) is 16.9 Å². The molecular weight excluding hydrogens is 242 g/mol. The van der Waals surface area contributed by atoms with Gasteiger partial charge in [-0.1, -0.05) is 6.92 Å². The van der Waals surface area contributed by atoms with Crippen LogP contribution in [0, 0.1) is 11.8 Å². The maximum atomic E-state index is 10.8. The zero-order chi connectivity index (χ0) is 13.7. The molecule has 5 nitrogen and oxygen atoms in total.